The highest BCUT2D eigenvalue weighted by Crippen LogP contribution is 2.31. The van der Waals surface area contributed by atoms with E-state index in [1.165, 1.54) is 0 Å². The third kappa shape index (κ3) is 2.88. The van der Waals surface area contributed by atoms with Crippen LogP contribution in [-0.2, 0) is 9.53 Å². The summed E-state index contributed by atoms with van der Waals surface area (Å²) in [5.41, 5.74) is 0.905. The van der Waals surface area contributed by atoms with Crippen LogP contribution in [0.15, 0.2) is 48.8 Å². The van der Waals surface area contributed by atoms with Crippen molar-refractivity contribution < 1.29 is 9.53 Å². The molecule has 3 saturated heterocycles. The molecule has 0 aliphatic carbocycles. The van der Waals surface area contributed by atoms with Crippen LogP contribution in [0.5, 0.6) is 0 Å². The Bertz CT molecular complexity index is 648. The van der Waals surface area contributed by atoms with Crippen molar-refractivity contribution in [1.82, 2.24) is 14.7 Å². The minimum atomic E-state index is -0.512. The summed E-state index contributed by atoms with van der Waals surface area (Å²) in [7, 11) is 0. The van der Waals surface area contributed by atoms with Gasteiger partial charge < -0.3 is 4.74 Å². The van der Waals surface area contributed by atoms with E-state index in [9.17, 15) is 4.79 Å². The summed E-state index contributed by atoms with van der Waals surface area (Å²) in [6, 6.07) is 11.0. The molecule has 23 heavy (non-hydrogen) atoms. The molecule has 3 aliphatic rings. The second-order valence-corrected chi connectivity index (χ2v) is 6.41. The molecule has 0 saturated carbocycles. The smallest absolute Gasteiger partial charge is 0.335 e. The molecule has 2 aromatic rings. The molecular formula is C18H21N3O2. The summed E-state index contributed by atoms with van der Waals surface area (Å²) in [4.78, 5) is 15.3. The SMILES string of the molecule is O=C(O[C@H]1CN2CCC1CC2)C(c1ccccc1)n1cccn1. The van der Waals surface area contributed by atoms with Gasteiger partial charge in [-0.25, -0.2) is 4.79 Å². The number of esters is 1. The molecule has 120 valence electrons. The number of nitrogens with zero attached hydrogens (tertiary/aromatic N) is 3. The number of fused-ring (bicyclic) bond motifs is 3. The first-order chi connectivity index (χ1) is 11.3. The largest absolute Gasteiger partial charge is 0.459 e. The number of aromatic nitrogens is 2. The third-order valence-corrected chi connectivity index (χ3v) is 4.99. The predicted octanol–water partition coefficient (Wildman–Crippen LogP) is 2.11. The van der Waals surface area contributed by atoms with Crippen LogP contribution in [0.2, 0.25) is 0 Å². The number of benzene rings is 1. The monoisotopic (exact) mass is 311 g/mol. The molecule has 5 nitrogen and oxygen atoms in total. The molecule has 0 spiro atoms. The molecule has 4 heterocycles. The van der Waals surface area contributed by atoms with Crippen LogP contribution >= 0.6 is 0 Å². The fraction of sp³-hybridized carbons (Fsp3) is 0.444. The average molecular weight is 311 g/mol. The highest BCUT2D eigenvalue weighted by molar-refractivity contribution is 5.78. The van der Waals surface area contributed by atoms with Crippen molar-refractivity contribution in [3.8, 4) is 0 Å². The minimum absolute atomic E-state index is 0.0202. The third-order valence-electron chi connectivity index (χ3n) is 4.99. The van der Waals surface area contributed by atoms with Crippen LogP contribution in [0.1, 0.15) is 24.4 Å². The standard InChI is InChI=1S/C18H21N3O2/c22-18(23-16-13-20-11-7-14(16)8-12-20)17(21-10-4-9-19-21)15-5-2-1-3-6-15/h1-6,9-10,14,16-17H,7-8,11-13H2/t16-,17?/m0/s1. The van der Waals surface area contributed by atoms with E-state index in [-0.39, 0.29) is 12.1 Å². The maximum Gasteiger partial charge on any atom is 0.335 e. The normalized spacial score (nSPS) is 27.6. The van der Waals surface area contributed by atoms with Crippen molar-refractivity contribution in [3.05, 3.63) is 54.4 Å². The first kappa shape index (κ1) is 14.5. The van der Waals surface area contributed by atoms with E-state index in [1.54, 1.807) is 10.9 Å². The summed E-state index contributed by atoms with van der Waals surface area (Å²) in [6.45, 7) is 3.15. The van der Waals surface area contributed by atoms with E-state index in [0.29, 0.717) is 5.92 Å². The Morgan fingerprint density at radius 1 is 1.17 bits per heavy atom. The van der Waals surface area contributed by atoms with Crippen molar-refractivity contribution in [1.29, 1.82) is 0 Å². The van der Waals surface area contributed by atoms with Crippen molar-refractivity contribution >= 4 is 5.97 Å². The van der Waals surface area contributed by atoms with Crippen LogP contribution in [0.3, 0.4) is 0 Å². The van der Waals surface area contributed by atoms with Crippen LogP contribution in [0, 0.1) is 5.92 Å². The van der Waals surface area contributed by atoms with Gasteiger partial charge in [-0.15, -0.1) is 0 Å². The molecule has 3 fully saturated rings. The zero-order valence-electron chi connectivity index (χ0n) is 13.0. The lowest BCUT2D eigenvalue weighted by Crippen LogP contribution is -2.52. The Morgan fingerprint density at radius 3 is 2.57 bits per heavy atom. The fourth-order valence-corrected chi connectivity index (χ4v) is 3.72. The lowest BCUT2D eigenvalue weighted by Gasteiger charge is -2.44. The van der Waals surface area contributed by atoms with Crippen LogP contribution in [0.4, 0.5) is 0 Å². The lowest BCUT2D eigenvalue weighted by atomic mass is 9.86. The molecule has 0 radical (unpaired) electrons. The molecule has 1 aromatic heterocycles. The van der Waals surface area contributed by atoms with E-state index in [4.69, 9.17) is 4.74 Å². The van der Waals surface area contributed by atoms with Crippen LogP contribution < -0.4 is 0 Å². The van der Waals surface area contributed by atoms with Gasteiger partial charge in [0.05, 0.1) is 0 Å². The van der Waals surface area contributed by atoms with E-state index < -0.39 is 6.04 Å². The topological polar surface area (TPSA) is 47.4 Å². The van der Waals surface area contributed by atoms with E-state index in [2.05, 4.69) is 10.00 Å². The number of ether oxygens (including phenoxy) is 1. The van der Waals surface area contributed by atoms with Gasteiger partial charge in [-0.1, -0.05) is 30.3 Å². The van der Waals surface area contributed by atoms with Gasteiger partial charge in [0.25, 0.3) is 0 Å². The Hall–Kier alpha value is -2.14. The Morgan fingerprint density at radius 2 is 1.96 bits per heavy atom. The number of piperidine rings is 3. The van der Waals surface area contributed by atoms with Crippen molar-refractivity contribution in [2.45, 2.75) is 25.0 Å². The number of rotatable bonds is 4. The van der Waals surface area contributed by atoms with Crippen LogP contribution in [-0.4, -0.2) is 46.4 Å². The molecule has 0 N–H and O–H groups in total. The first-order valence-corrected chi connectivity index (χ1v) is 8.28. The van der Waals surface area contributed by atoms with E-state index in [1.807, 2.05) is 42.6 Å². The number of hydrogen-bond acceptors (Lipinski definition) is 4. The highest BCUT2D eigenvalue weighted by Gasteiger charge is 2.38. The summed E-state index contributed by atoms with van der Waals surface area (Å²) in [5.74, 6) is 0.302. The van der Waals surface area contributed by atoms with Gasteiger partial charge in [-0.05, 0) is 43.5 Å². The number of carbonyl (C=O) groups is 1. The van der Waals surface area contributed by atoms with E-state index in [0.717, 1.165) is 38.0 Å². The Labute approximate surface area is 135 Å². The molecule has 3 aliphatic heterocycles. The number of hydrogen-bond donors (Lipinski definition) is 0. The summed E-state index contributed by atoms with van der Waals surface area (Å²) in [6.07, 6.45) is 5.80. The summed E-state index contributed by atoms with van der Waals surface area (Å²) in [5, 5.41) is 4.26. The molecule has 2 bridgehead atoms. The molecule has 1 unspecified atom stereocenters. The van der Waals surface area contributed by atoms with Gasteiger partial charge >= 0.3 is 5.97 Å². The van der Waals surface area contributed by atoms with Gasteiger partial charge in [0.15, 0.2) is 6.04 Å². The molecule has 2 atom stereocenters. The Kier molecular flexibility index (Phi) is 3.87. The fourth-order valence-electron chi connectivity index (χ4n) is 3.72. The zero-order chi connectivity index (χ0) is 15.6. The summed E-state index contributed by atoms with van der Waals surface area (Å²) >= 11 is 0. The van der Waals surface area contributed by atoms with Gasteiger partial charge in [0.2, 0.25) is 0 Å². The predicted molar refractivity (Wildman–Crippen MR) is 85.9 cm³/mol. The van der Waals surface area contributed by atoms with Gasteiger partial charge in [0, 0.05) is 18.9 Å². The van der Waals surface area contributed by atoms with Gasteiger partial charge in [-0.3, -0.25) is 9.58 Å². The molecule has 5 rings (SSSR count). The second kappa shape index (κ2) is 6.16. The Balaban J connectivity index is 1.56. The molecular weight excluding hydrogens is 290 g/mol. The lowest BCUT2D eigenvalue weighted by molar-refractivity contribution is -0.161. The maximum atomic E-state index is 12.9. The van der Waals surface area contributed by atoms with Gasteiger partial charge in [-0.2, -0.15) is 5.10 Å². The van der Waals surface area contributed by atoms with Gasteiger partial charge in [0.1, 0.15) is 6.10 Å². The minimum Gasteiger partial charge on any atom is -0.459 e. The van der Waals surface area contributed by atoms with Crippen molar-refractivity contribution in [2.24, 2.45) is 5.92 Å². The highest BCUT2D eigenvalue weighted by atomic mass is 16.5. The molecule has 5 heteroatoms. The first-order valence-electron chi connectivity index (χ1n) is 8.28. The quantitative estimate of drug-likeness (QED) is 0.812. The van der Waals surface area contributed by atoms with Crippen molar-refractivity contribution in [3.63, 3.8) is 0 Å². The zero-order valence-corrected chi connectivity index (χ0v) is 13.0. The summed E-state index contributed by atoms with van der Waals surface area (Å²) < 4.78 is 7.60. The maximum absolute atomic E-state index is 12.9. The molecule has 0 amide bonds. The second-order valence-electron chi connectivity index (χ2n) is 6.41. The van der Waals surface area contributed by atoms with Crippen LogP contribution in [0.25, 0.3) is 0 Å². The van der Waals surface area contributed by atoms with E-state index >= 15 is 0 Å². The molecule has 1 aromatic carbocycles. The van der Waals surface area contributed by atoms with Crippen molar-refractivity contribution in [2.75, 3.05) is 19.6 Å². The number of carbonyl (C=O) groups excluding carboxylic acids is 1. The average Bonchev–Trinajstić information content (AvgIpc) is 3.11.